The van der Waals surface area contributed by atoms with Gasteiger partial charge in [0.1, 0.15) is 6.04 Å². The number of carbonyl (C=O) groups is 2. The fourth-order valence-electron chi connectivity index (χ4n) is 2.29. The molecule has 1 aromatic heterocycles. The highest BCUT2D eigenvalue weighted by molar-refractivity contribution is 7.09. The fraction of sp³-hybridized carbons (Fsp3) is 0.615. The van der Waals surface area contributed by atoms with Crippen molar-refractivity contribution >= 4 is 23.2 Å². The average molecular weight is 281 g/mol. The fourth-order valence-corrected chi connectivity index (χ4v) is 2.89. The number of hydrogen-bond donors (Lipinski definition) is 0. The summed E-state index contributed by atoms with van der Waals surface area (Å²) in [5.41, 5.74) is 0.861. The third-order valence-electron chi connectivity index (χ3n) is 3.28. The maximum Gasteiger partial charge on any atom is 0.245 e. The molecule has 2 heterocycles. The predicted octanol–water partition coefficient (Wildman–Crippen LogP) is 1.42. The van der Waals surface area contributed by atoms with Gasteiger partial charge in [0.25, 0.3) is 0 Å². The van der Waals surface area contributed by atoms with Crippen molar-refractivity contribution in [1.29, 1.82) is 0 Å². The van der Waals surface area contributed by atoms with Crippen LogP contribution in [0.3, 0.4) is 0 Å². The van der Waals surface area contributed by atoms with Gasteiger partial charge in [0.15, 0.2) is 0 Å². The van der Waals surface area contributed by atoms with E-state index in [4.69, 9.17) is 0 Å². The summed E-state index contributed by atoms with van der Waals surface area (Å²) in [6.07, 6.45) is 0.872. The Balaban J connectivity index is 2.09. The maximum atomic E-state index is 12.2. The van der Waals surface area contributed by atoms with Crippen LogP contribution >= 0.6 is 11.3 Å². The molecule has 0 N–H and O–H groups in total. The van der Waals surface area contributed by atoms with Crippen molar-refractivity contribution in [3.05, 3.63) is 16.1 Å². The molecular formula is C13H19N3O2S. The topological polar surface area (TPSA) is 53.5 Å². The molecule has 1 aromatic rings. The SMILES string of the molecule is CCCN1CC(=O)N(Cc2csc(C)n2)[C@H](C)C1=O. The lowest BCUT2D eigenvalue weighted by Gasteiger charge is -2.38. The molecule has 1 fully saturated rings. The van der Waals surface area contributed by atoms with Crippen LogP contribution in [0.5, 0.6) is 0 Å². The lowest BCUT2D eigenvalue weighted by atomic mass is 10.1. The van der Waals surface area contributed by atoms with Crippen LogP contribution in [0.25, 0.3) is 0 Å². The Morgan fingerprint density at radius 2 is 2.21 bits per heavy atom. The second kappa shape index (κ2) is 5.69. The summed E-state index contributed by atoms with van der Waals surface area (Å²) in [6, 6.07) is -0.394. The summed E-state index contributed by atoms with van der Waals surface area (Å²) in [7, 11) is 0. The summed E-state index contributed by atoms with van der Waals surface area (Å²) < 4.78 is 0. The van der Waals surface area contributed by atoms with Crippen molar-refractivity contribution in [1.82, 2.24) is 14.8 Å². The van der Waals surface area contributed by atoms with Crippen LogP contribution in [0.1, 0.15) is 31.0 Å². The van der Waals surface area contributed by atoms with Gasteiger partial charge in [-0.05, 0) is 20.3 Å². The van der Waals surface area contributed by atoms with Crippen LogP contribution in [0.15, 0.2) is 5.38 Å². The number of rotatable bonds is 4. The first-order valence-corrected chi connectivity index (χ1v) is 7.40. The van der Waals surface area contributed by atoms with E-state index in [1.165, 1.54) is 0 Å². The van der Waals surface area contributed by atoms with E-state index in [1.807, 2.05) is 19.2 Å². The van der Waals surface area contributed by atoms with E-state index in [9.17, 15) is 9.59 Å². The van der Waals surface area contributed by atoms with Crippen molar-refractivity contribution in [2.75, 3.05) is 13.1 Å². The highest BCUT2D eigenvalue weighted by Gasteiger charge is 2.36. The lowest BCUT2D eigenvalue weighted by Crippen LogP contribution is -2.58. The van der Waals surface area contributed by atoms with Gasteiger partial charge in [-0.2, -0.15) is 0 Å². The van der Waals surface area contributed by atoms with Crippen LogP contribution in [-0.4, -0.2) is 45.7 Å². The van der Waals surface area contributed by atoms with Crippen molar-refractivity contribution in [2.24, 2.45) is 0 Å². The Morgan fingerprint density at radius 1 is 1.47 bits per heavy atom. The Hall–Kier alpha value is -1.43. The lowest BCUT2D eigenvalue weighted by molar-refractivity contribution is -0.155. The van der Waals surface area contributed by atoms with E-state index >= 15 is 0 Å². The van der Waals surface area contributed by atoms with E-state index in [2.05, 4.69) is 4.98 Å². The molecule has 0 radical (unpaired) electrons. The van der Waals surface area contributed by atoms with Gasteiger partial charge >= 0.3 is 0 Å². The van der Waals surface area contributed by atoms with E-state index < -0.39 is 6.04 Å². The highest BCUT2D eigenvalue weighted by atomic mass is 32.1. The van der Waals surface area contributed by atoms with Gasteiger partial charge in [-0.15, -0.1) is 11.3 Å². The van der Waals surface area contributed by atoms with Crippen LogP contribution < -0.4 is 0 Å². The van der Waals surface area contributed by atoms with Gasteiger partial charge in [0.2, 0.25) is 11.8 Å². The summed E-state index contributed by atoms with van der Waals surface area (Å²) in [5, 5.41) is 2.92. The zero-order valence-electron chi connectivity index (χ0n) is 11.5. The number of hydrogen-bond acceptors (Lipinski definition) is 4. The predicted molar refractivity (Wildman–Crippen MR) is 73.7 cm³/mol. The second-order valence-electron chi connectivity index (χ2n) is 4.82. The normalized spacial score (nSPS) is 20.3. The Morgan fingerprint density at radius 3 is 2.79 bits per heavy atom. The minimum Gasteiger partial charge on any atom is -0.332 e. The molecule has 0 aliphatic carbocycles. The smallest absolute Gasteiger partial charge is 0.245 e. The van der Waals surface area contributed by atoms with Gasteiger partial charge in [-0.25, -0.2) is 4.98 Å². The number of aryl methyl sites for hydroxylation is 1. The number of amides is 2. The molecule has 2 rings (SSSR count). The largest absolute Gasteiger partial charge is 0.332 e. The van der Waals surface area contributed by atoms with Crippen LogP contribution in [0.4, 0.5) is 0 Å². The third-order valence-corrected chi connectivity index (χ3v) is 4.10. The minimum absolute atomic E-state index is 0.00574. The minimum atomic E-state index is -0.394. The van der Waals surface area contributed by atoms with Crippen molar-refractivity contribution in [3.8, 4) is 0 Å². The first-order valence-electron chi connectivity index (χ1n) is 6.52. The molecule has 19 heavy (non-hydrogen) atoms. The Labute approximate surface area is 117 Å². The van der Waals surface area contributed by atoms with E-state index in [-0.39, 0.29) is 18.4 Å². The van der Waals surface area contributed by atoms with Crippen molar-refractivity contribution in [3.63, 3.8) is 0 Å². The molecule has 6 heteroatoms. The van der Waals surface area contributed by atoms with E-state index in [0.717, 1.165) is 17.1 Å². The molecule has 0 unspecified atom stereocenters. The summed E-state index contributed by atoms with van der Waals surface area (Å²) >= 11 is 1.56. The molecule has 0 aromatic carbocycles. The number of piperazine rings is 1. The van der Waals surface area contributed by atoms with Crippen molar-refractivity contribution < 1.29 is 9.59 Å². The summed E-state index contributed by atoms with van der Waals surface area (Å²) in [6.45, 7) is 7.01. The van der Waals surface area contributed by atoms with Crippen molar-refractivity contribution in [2.45, 2.75) is 39.8 Å². The molecule has 0 spiro atoms. The molecule has 2 amide bonds. The molecule has 0 bridgehead atoms. The molecule has 5 nitrogen and oxygen atoms in total. The van der Waals surface area contributed by atoms with Crippen LogP contribution in [-0.2, 0) is 16.1 Å². The van der Waals surface area contributed by atoms with E-state index in [1.54, 1.807) is 28.1 Å². The van der Waals surface area contributed by atoms with Gasteiger partial charge in [-0.1, -0.05) is 6.92 Å². The maximum absolute atomic E-state index is 12.2. The first-order chi connectivity index (χ1) is 9.02. The monoisotopic (exact) mass is 281 g/mol. The van der Waals surface area contributed by atoms with Gasteiger partial charge < -0.3 is 9.80 Å². The number of nitrogens with zero attached hydrogens (tertiary/aromatic N) is 3. The Kier molecular flexibility index (Phi) is 4.19. The quantitative estimate of drug-likeness (QED) is 0.838. The highest BCUT2D eigenvalue weighted by Crippen LogP contribution is 2.17. The van der Waals surface area contributed by atoms with Crippen LogP contribution in [0, 0.1) is 6.92 Å². The standard InChI is InChI=1S/C13H19N3O2S/c1-4-5-15-7-12(17)16(9(2)13(15)18)6-11-8-19-10(3)14-11/h8-9H,4-7H2,1-3H3/t9-/m1/s1. The molecule has 1 saturated heterocycles. The number of aromatic nitrogens is 1. The summed E-state index contributed by atoms with van der Waals surface area (Å²) in [4.78, 5) is 32.0. The third kappa shape index (κ3) is 2.94. The van der Waals surface area contributed by atoms with E-state index in [0.29, 0.717) is 13.1 Å². The molecule has 1 atom stereocenters. The second-order valence-corrected chi connectivity index (χ2v) is 5.88. The average Bonchev–Trinajstić information content (AvgIpc) is 2.77. The number of thiazole rings is 1. The molecule has 104 valence electrons. The number of carbonyl (C=O) groups excluding carboxylic acids is 2. The molecular weight excluding hydrogens is 262 g/mol. The summed E-state index contributed by atoms with van der Waals surface area (Å²) in [5.74, 6) is 0.0413. The van der Waals surface area contributed by atoms with Gasteiger partial charge in [0, 0.05) is 11.9 Å². The molecule has 1 aliphatic heterocycles. The Bertz CT molecular complexity index is 486. The molecule has 0 saturated carbocycles. The van der Waals surface area contributed by atoms with Gasteiger partial charge in [0.05, 0.1) is 23.8 Å². The van der Waals surface area contributed by atoms with Gasteiger partial charge in [-0.3, -0.25) is 9.59 Å². The zero-order valence-corrected chi connectivity index (χ0v) is 12.4. The molecule has 1 aliphatic rings. The van der Waals surface area contributed by atoms with Crippen LogP contribution in [0.2, 0.25) is 0 Å². The first kappa shape index (κ1) is 14.0. The zero-order chi connectivity index (χ0) is 14.0.